The van der Waals surface area contributed by atoms with Crippen LogP contribution in [0.5, 0.6) is 0 Å². The molecule has 1 aromatic heterocycles. The van der Waals surface area contributed by atoms with Gasteiger partial charge in [-0.05, 0) is 24.6 Å². The summed E-state index contributed by atoms with van der Waals surface area (Å²) in [4.78, 5) is 3.02. The van der Waals surface area contributed by atoms with Crippen molar-refractivity contribution in [1.29, 1.82) is 0 Å². The Labute approximate surface area is 67.0 Å². The average molecular weight is 153 g/mol. The second-order valence-electron chi connectivity index (χ2n) is 2.51. The molecule has 0 spiro atoms. The van der Waals surface area contributed by atoms with E-state index in [2.05, 4.69) is 16.4 Å². The predicted molar refractivity (Wildman–Crippen MR) is 46.4 cm³/mol. The van der Waals surface area contributed by atoms with Gasteiger partial charge in [-0.1, -0.05) is 0 Å². The second kappa shape index (κ2) is 4.93. The van der Waals surface area contributed by atoms with Gasteiger partial charge in [-0.15, -0.1) is 0 Å². The van der Waals surface area contributed by atoms with Gasteiger partial charge in [0, 0.05) is 25.5 Å². The van der Waals surface area contributed by atoms with Crippen molar-refractivity contribution in [3.05, 3.63) is 24.0 Å². The third kappa shape index (κ3) is 3.20. The maximum absolute atomic E-state index is 5.32. The number of nitrogens with one attached hydrogen (secondary N) is 2. The molecule has 0 saturated carbocycles. The zero-order valence-electron chi connectivity index (χ0n) is 6.64. The molecule has 4 N–H and O–H groups in total. The number of H-pyrrole nitrogens is 1. The number of hydrogen-bond donors (Lipinski definition) is 3. The maximum atomic E-state index is 5.32. The minimum absolute atomic E-state index is 0.715. The summed E-state index contributed by atoms with van der Waals surface area (Å²) in [6, 6.07) is 2.09. The Morgan fingerprint density at radius 2 is 2.36 bits per heavy atom. The van der Waals surface area contributed by atoms with E-state index in [9.17, 15) is 0 Å². The molecule has 1 rings (SSSR count). The smallest absolute Gasteiger partial charge is 0.00746 e. The van der Waals surface area contributed by atoms with E-state index in [1.807, 2.05) is 12.4 Å². The second-order valence-corrected chi connectivity index (χ2v) is 2.51. The molecule has 3 nitrogen and oxygen atoms in total. The van der Waals surface area contributed by atoms with Gasteiger partial charge >= 0.3 is 0 Å². The third-order valence-electron chi connectivity index (χ3n) is 1.57. The van der Waals surface area contributed by atoms with E-state index >= 15 is 0 Å². The standard InChI is InChI=1S/C8H15N3/c9-3-6-10-4-1-8-2-5-11-7-8/h2,5,7,10-11H,1,3-4,6,9H2. The zero-order valence-corrected chi connectivity index (χ0v) is 6.64. The van der Waals surface area contributed by atoms with Gasteiger partial charge in [0.15, 0.2) is 0 Å². The number of aromatic nitrogens is 1. The zero-order chi connectivity index (χ0) is 7.94. The van der Waals surface area contributed by atoms with Crippen molar-refractivity contribution in [2.24, 2.45) is 5.73 Å². The van der Waals surface area contributed by atoms with E-state index in [1.165, 1.54) is 5.56 Å². The molecule has 1 aromatic rings. The highest BCUT2D eigenvalue weighted by atomic mass is 14.9. The van der Waals surface area contributed by atoms with Gasteiger partial charge in [-0.2, -0.15) is 0 Å². The van der Waals surface area contributed by atoms with Gasteiger partial charge < -0.3 is 16.0 Å². The van der Waals surface area contributed by atoms with Crippen LogP contribution in [0.4, 0.5) is 0 Å². The van der Waals surface area contributed by atoms with E-state index in [-0.39, 0.29) is 0 Å². The van der Waals surface area contributed by atoms with Crippen molar-refractivity contribution in [2.75, 3.05) is 19.6 Å². The van der Waals surface area contributed by atoms with E-state index < -0.39 is 0 Å². The van der Waals surface area contributed by atoms with Crippen molar-refractivity contribution in [2.45, 2.75) is 6.42 Å². The fourth-order valence-electron chi connectivity index (χ4n) is 0.974. The first-order chi connectivity index (χ1) is 5.43. The first kappa shape index (κ1) is 8.30. The molecule has 0 amide bonds. The first-order valence-electron chi connectivity index (χ1n) is 3.96. The molecular formula is C8H15N3. The van der Waals surface area contributed by atoms with Crippen LogP contribution in [0.25, 0.3) is 0 Å². The molecule has 0 bridgehead atoms. The Morgan fingerprint density at radius 3 is 3.00 bits per heavy atom. The minimum atomic E-state index is 0.715. The highest BCUT2D eigenvalue weighted by Gasteiger charge is 1.90. The van der Waals surface area contributed by atoms with Crippen molar-refractivity contribution in [3.8, 4) is 0 Å². The van der Waals surface area contributed by atoms with Crippen LogP contribution in [-0.2, 0) is 6.42 Å². The lowest BCUT2D eigenvalue weighted by Gasteiger charge is -1.99. The number of aromatic amines is 1. The van der Waals surface area contributed by atoms with Crippen LogP contribution in [0.2, 0.25) is 0 Å². The molecule has 0 fully saturated rings. The van der Waals surface area contributed by atoms with Crippen LogP contribution in [0.15, 0.2) is 18.5 Å². The van der Waals surface area contributed by atoms with Crippen molar-refractivity contribution in [1.82, 2.24) is 10.3 Å². The van der Waals surface area contributed by atoms with Crippen LogP contribution in [0, 0.1) is 0 Å². The molecule has 62 valence electrons. The number of nitrogens with two attached hydrogens (primary N) is 1. The summed E-state index contributed by atoms with van der Waals surface area (Å²) >= 11 is 0. The summed E-state index contributed by atoms with van der Waals surface area (Å²) in [6.07, 6.45) is 5.03. The van der Waals surface area contributed by atoms with Gasteiger partial charge in [0.1, 0.15) is 0 Å². The number of hydrogen-bond acceptors (Lipinski definition) is 2. The molecule has 11 heavy (non-hydrogen) atoms. The molecule has 0 aliphatic rings. The molecule has 3 heteroatoms. The van der Waals surface area contributed by atoms with E-state index in [0.29, 0.717) is 6.54 Å². The molecule has 0 aliphatic carbocycles. The van der Waals surface area contributed by atoms with Gasteiger partial charge in [0.25, 0.3) is 0 Å². The molecule has 1 heterocycles. The summed E-state index contributed by atoms with van der Waals surface area (Å²) in [5.41, 5.74) is 6.66. The van der Waals surface area contributed by atoms with Crippen LogP contribution in [0.3, 0.4) is 0 Å². The summed E-state index contributed by atoms with van der Waals surface area (Å²) in [7, 11) is 0. The summed E-state index contributed by atoms with van der Waals surface area (Å²) in [5.74, 6) is 0. The molecule has 0 aromatic carbocycles. The summed E-state index contributed by atoms with van der Waals surface area (Å²) in [6.45, 7) is 2.63. The van der Waals surface area contributed by atoms with Gasteiger partial charge in [-0.25, -0.2) is 0 Å². The maximum Gasteiger partial charge on any atom is 0.00746 e. The Kier molecular flexibility index (Phi) is 3.72. The van der Waals surface area contributed by atoms with Gasteiger partial charge in [-0.3, -0.25) is 0 Å². The minimum Gasteiger partial charge on any atom is -0.367 e. The SMILES string of the molecule is NCCNCCc1cc[nH]c1. The molecule has 0 radical (unpaired) electrons. The highest BCUT2D eigenvalue weighted by molar-refractivity contribution is 5.08. The van der Waals surface area contributed by atoms with Crippen LogP contribution >= 0.6 is 0 Å². The van der Waals surface area contributed by atoms with Crippen LogP contribution < -0.4 is 11.1 Å². The molecule has 0 unspecified atom stereocenters. The predicted octanol–water partition coefficient (Wildman–Crippen LogP) is 0.105. The normalized spacial score (nSPS) is 10.3. The third-order valence-corrected chi connectivity index (χ3v) is 1.57. The highest BCUT2D eigenvalue weighted by Crippen LogP contribution is 1.95. The fourth-order valence-corrected chi connectivity index (χ4v) is 0.974. The average Bonchev–Trinajstić information content (AvgIpc) is 2.50. The van der Waals surface area contributed by atoms with E-state index in [4.69, 9.17) is 5.73 Å². The topological polar surface area (TPSA) is 53.8 Å². The van der Waals surface area contributed by atoms with E-state index in [0.717, 1.165) is 19.5 Å². The summed E-state index contributed by atoms with van der Waals surface area (Å²) in [5, 5.41) is 3.23. The largest absolute Gasteiger partial charge is 0.367 e. The van der Waals surface area contributed by atoms with E-state index in [1.54, 1.807) is 0 Å². The molecule has 0 saturated heterocycles. The Bertz CT molecular complexity index is 169. The quantitative estimate of drug-likeness (QED) is 0.526. The Morgan fingerprint density at radius 1 is 1.45 bits per heavy atom. The van der Waals surface area contributed by atoms with Crippen molar-refractivity contribution >= 4 is 0 Å². The molecular weight excluding hydrogens is 138 g/mol. The van der Waals surface area contributed by atoms with Gasteiger partial charge in [0.05, 0.1) is 0 Å². The monoisotopic (exact) mass is 153 g/mol. The van der Waals surface area contributed by atoms with Crippen molar-refractivity contribution < 1.29 is 0 Å². The van der Waals surface area contributed by atoms with Gasteiger partial charge in [0.2, 0.25) is 0 Å². The fraction of sp³-hybridized carbons (Fsp3) is 0.500. The Balaban J connectivity index is 2.04. The summed E-state index contributed by atoms with van der Waals surface area (Å²) < 4.78 is 0. The molecule has 0 aliphatic heterocycles. The lowest BCUT2D eigenvalue weighted by molar-refractivity contribution is 0.689. The van der Waals surface area contributed by atoms with Crippen LogP contribution in [-0.4, -0.2) is 24.6 Å². The lowest BCUT2D eigenvalue weighted by atomic mass is 10.2. The lowest BCUT2D eigenvalue weighted by Crippen LogP contribution is -2.24. The van der Waals surface area contributed by atoms with Crippen molar-refractivity contribution in [3.63, 3.8) is 0 Å². The van der Waals surface area contributed by atoms with Crippen LogP contribution in [0.1, 0.15) is 5.56 Å². The number of rotatable bonds is 5. The molecule has 0 atom stereocenters. The first-order valence-corrected chi connectivity index (χ1v) is 3.96. The Hall–Kier alpha value is -0.800.